The number of aliphatic hydroxyl groups is 1. The normalized spacial score (nSPS) is 28.6. The van der Waals surface area contributed by atoms with Crippen LogP contribution < -0.4 is 5.32 Å². The molecule has 3 nitrogen and oxygen atoms in total. The number of hydrogen-bond acceptors (Lipinski definition) is 3. The van der Waals surface area contributed by atoms with Crippen LogP contribution in [0.1, 0.15) is 53.9 Å². The van der Waals surface area contributed by atoms with Gasteiger partial charge >= 0.3 is 0 Å². The van der Waals surface area contributed by atoms with E-state index in [0.29, 0.717) is 11.3 Å². The zero-order valence-corrected chi connectivity index (χ0v) is 13.6. The Bertz CT molecular complexity index is 265. The molecule has 0 aliphatic carbocycles. The monoisotopic (exact) mass is 270 g/mol. The average molecular weight is 270 g/mol. The molecule has 0 aromatic rings. The smallest absolute Gasteiger partial charge is 0.0746 e. The van der Waals surface area contributed by atoms with Crippen LogP contribution in [0.4, 0.5) is 0 Å². The highest BCUT2D eigenvalue weighted by Gasteiger charge is 2.32. The van der Waals surface area contributed by atoms with Crippen LogP contribution in [-0.2, 0) is 0 Å². The Labute approximate surface area is 119 Å². The van der Waals surface area contributed by atoms with E-state index >= 15 is 0 Å². The zero-order valence-electron chi connectivity index (χ0n) is 13.6. The second-order valence-corrected chi connectivity index (χ2v) is 7.50. The Morgan fingerprint density at radius 1 is 1.42 bits per heavy atom. The summed E-state index contributed by atoms with van der Waals surface area (Å²) in [5.41, 5.74) is -0.180. The minimum Gasteiger partial charge on any atom is -0.389 e. The van der Waals surface area contributed by atoms with Crippen molar-refractivity contribution in [3.8, 4) is 0 Å². The van der Waals surface area contributed by atoms with Gasteiger partial charge in [0.25, 0.3) is 0 Å². The van der Waals surface area contributed by atoms with E-state index < -0.39 is 5.60 Å². The molecule has 0 spiro atoms. The second kappa shape index (κ2) is 7.05. The Balaban J connectivity index is 2.45. The maximum atomic E-state index is 10.2. The number of hydrogen-bond donors (Lipinski definition) is 2. The van der Waals surface area contributed by atoms with Crippen molar-refractivity contribution in [3.63, 3.8) is 0 Å². The van der Waals surface area contributed by atoms with Crippen molar-refractivity contribution in [2.75, 3.05) is 32.7 Å². The summed E-state index contributed by atoms with van der Waals surface area (Å²) in [7, 11) is 0. The predicted molar refractivity (Wildman–Crippen MR) is 82.4 cm³/mol. The van der Waals surface area contributed by atoms with Crippen LogP contribution in [0.15, 0.2) is 0 Å². The molecular weight excluding hydrogens is 236 g/mol. The molecule has 1 fully saturated rings. The summed E-state index contributed by atoms with van der Waals surface area (Å²) >= 11 is 0. The molecule has 114 valence electrons. The van der Waals surface area contributed by atoms with Gasteiger partial charge in [0.2, 0.25) is 0 Å². The van der Waals surface area contributed by atoms with E-state index in [1.165, 1.54) is 6.42 Å². The minimum atomic E-state index is -0.488. The minimum absolute atomic E-state index is 0.308. The SMILES string of the molecule is CCC(C)(CNCC(C)C)CN1CCCC(C)(O)C1. The van der Waals surface area contributed by atoms with E-state index in [2.05, 4.69) is 37.9 Å². The molecule has 1 rings (SSSR count). The fourth-order valence-electron chi connectivity index (χ4n) is 2.95. The van der Waals surface area contributed by atoms with E-state index in [1.807, 2.05) is 6.92 Å². The first-order chi connectivity index (χ1) is 8.76. The molecule has 0 aromatic carbocycles. The molecule has 3 heteroatoms. The molecule has 0 amide bonds. The van der Waals surface area contributed by atoms with Crippen LogP contribution in [0, 0.1) is 11.3 Å². The van der Waals surface area contributed by atoms with Crippen LogP contribution in [0.3, 0.4) is 0 Å². The van der Waals surface area contributed by atoms with Crippen molar-refractivity contribution >= 4 is 0 Å². The summed E-state index contributed by atoms with van der Waals surface area (Å²) in [5, 5.41) is 13.8. The summed E-state index contributed by atoms with van der Waals surface area (Å²) in [6.07, 6.45) is 3.24. The molecule has 1 saturated heterocycles. The highest BCUT2D eigenvalue weighted by atomic mass is 16.3. The number of nitrogens with zero attached hydrogens (tertiary/aromatic N) is 1. The highest BCUT2D eigenvalue weighted by molar-refractivity contribution is 4.87. The van der Waals surface area contributed by atoms with Gasteiger partial charge in [-0.25, -0.2) is 0 Å². The third-order valence-electron chi connectivity index (χ3n) is 4.32. The third kappa shape index (κ3) is 6.24. The van der Waals surface area contributed by atoms with Crippen molar-refractivity contribution in [2.45, 2.75) is 59.5 Å². The summed E-state index contributed by atoms with van der Waals surface area (Å²) in [6, 6.07) is 0. The van der Waals surface area contributed by atoms with Crippen LogP contribution in [0.2, 0.25) is 0 Å². The Hall–Kier alpha value is -0.120. The second-order valence-electron chi connectivity index (χ2n) is 7.50. The lowest BCUT2D eigenvalue weighted by atomic mass is 9.85. The number of likely N-dealkylation sites (tertiary alicyclic amines) is 1. The van der Waals surface area contributed by atoms with E-state index in [0.717, 1.165) is 45.6 Å². The van der Waals surface area contributed by atoms with Gasteiger partial charge in [0.1, 0.15) is 0 Å². The van der Waals surface area contributed by atoms with Gasteiger partial charge in [-0.1, -0.05) is 27.7 Å². The lowest BCUT2D eigenvalue weighted by Crippen LogP contribution is -2.51. The van der Waals surface area contributed by atoms with Gasteiger partial charge in [0.15, 0.2) is 0 Å². The Morgan fingerprint density at radius 2 is 2.11 bits per heavy atom. The lowest BCUT2D eigenvalue weighted by Gasteiger charge is -2.42. The third-order valence-corrected chi connectivity index (χ3v) is 4.32. The zero-order chi connectivity index (χ0) is 14.5. The van der Waals surface area contributed by atoms with Gasteiger partial charge in [-0.15, -0.1) is 0 Å². The number of β-amino-alcohol motifs (C(OH)–C–C–N with tert-alkyl or cyclic N) is 1. The maximum absolute atomic E-state index is 10.2. The first kappa shape index (κ1) is 16.9. The van der Waals surface area contributed by atoms with Crippen molar-refractivity contribution < 1.29 is 5.11 Å². The molecule has 2 atom stereocenters. The van der Waals surface area contributed by atoms with Crippen molar-refractivity contribution in [2.24, 2.45) is 11.3 Å². The van der Waals surface area contributed by atoms with Gasteiger partial charge in [-0.3, -0.25) is 4.90 Å². The Morgan fingerprint density at radius 3 is 2.63 bits per heavy atom. The van der Waals surface area contributed by atoms with Gasteiger partial charge in [-0.05, 0) is 50.6 Å². The van der Waals surface area contributed by atoms with E-state index in [-0.39, 0.29) is 0 Å². The maximum Gasteiger partial charge on any atom is 0.0746 e. The summed E-state index contributed by atoms with van der Waals surface area (Å²) < 4.78 is 0. The van der Waals surface area contributed by atoms with Gasteiger partial charge < -0.3 is 10.4 Å². The molecular formula is C16H34N2O. The van der Waals surface area contributed by atoms with Gasteiger partial charge in [-0.2, -0.15) is 0 Å². The fourth-order valence-corrected chi connectivity index (χ4v) is 2.95. The molecule has 2 unspecified atom stereocenters. The summed E-state index contributed by atoms with van der Waals surface area (Å²) in [5.74, 6) is 0.705. The predicted octanol–water partition coefficient (Wildman–Crippen LogP) is 2.50. The van der Waals surface area contributed by atoms with E-state index in [4.69, 9.17) is 0 Å². The molecule has 0 saturated carbocycles. The first-order valence-electron chi connectivity index (χ1n) is 7.92. The molecule has 1 aliphatic rings. The number of piperidine rings is 1. The number of rotatable bonds is 7. The lowest BCUT2D eigenvalue weighted by molar-refractivity contribution is -0.0273. The summed E-state index contributed by atoms with van der Waals surface area (Å²) in [6.45, 7) is 16.3. The molecule has 19 heavy (non-hydrogen) atoms. The summed E-state index contributed by atoms with van der Waals surface area (Å²) in [4.78, 5) is 2.45. The van der Waals surface area contributed by atoms with Crippen molar-refractivity contribution in [1.29, 1.82) is 0 Å². The van der Waals surface area contributed by atoms with Crippen LogP contribution in [0.25, 0.3) is 0 Å². The molecule has 2 N–H and O–H groups in total. The first-order valence-corrected chi connectivity index (χ1v) is 7.92. The van der Waals surface area contributed by atoms with E-state index in [9.17, 15) is 5.11 Å². The quantitative estimate of drug-likeness (QED) is 0.746. The highest BCUT2D eigenvalue weighted by Crippen LogP contribution is 2.26. The van der Waals surface area contributed by atoms with Crippen LogP contribution >= 0.6 is 0 Å². The van der Waals surface area contributed by atoms with Crippen molar-refractivity contribution in [3.05, 3.63) is 0 Å². The largest absolute Gasteiger partial charge is 0.389 e. The number of nitrogens with one attached hydrogen (secondary N) is 1. The standard InChI is InChI=1S/C16H34N2O/c1-6-15(4,11-17-10-14(2)3)12-18-9-7-8-16(5,19)13-18/h14,17,19H,6-13H2,1-5H3. The fraction of sp³-hybridized carbons (Fsp3) is 1.00. The van der Waals surface area contributed by atoms with Crippen LogP contribution in [0.5, 0.6) is 0 Å². The molecule has 1 heterocycles. The topological polar surface area (TPSA) is 35.5 Å². The molecule has 0 radical (unpaired) electrons. The average Bonchev–Trinajstić information content (AvgIpc) is 2.27. The Kier molecular flexibility index (Phi) is 6.28. The molecule has 0 bridgehead atoms. The molecule has 0 aromatic heterocycles. The van der Waals surface area contributed by atoms with E-state index in [1.54, 1.807) is 0 Å². The van der Waals surface area contributed by atoms with Crippen molar-refractivity contribution in [1.82, 2.24) is 10.2 Å². The molecule has 1 aliphatic heterocycles. The van der Waals surface area contributed by atoms with Crippen LogP contribution in [-0.4, -0.2) is 48.3 Å². The van der Waals surface area contributed by atoms with Gasteiger partial charge in [0.05, 0.1) is 5.60 Å². The van der Waals surface area contributed by atoms with Gasteiger partial charge in [0, 0.05) is 19.6 Å².